The molecule has 0 amide bonds. The van der Waals surface area contributed by atoms with E-state index in [1.54, 1.807) is 6.92 Å². The Kier molecular flexibility index (Phi) is 3.40. The number of hydrogen-bond donors (Lipinski definition) is 2. The lowest BCUT2D eigenvalue weighted by molar-refractivity contribution is -0.139. The summed E-state index contributed by atoms with van der Waals surface area (Å²) in [7, 11) is 0. The Balaban J connectivity index is 2.21. The summed E-state index contributed by atoms with van der Waals surface area (Å²) in [6.07, 6.45) is 0. The number of carboxylic acid groups (broad SMARTS) is 1. The molecule has 88 valence electrons. The Labute approximate surface area is 100 Å². The number of carboxylic acids is 1. The van der Waals surface area contributed by atoms with Gasteiger partial charge in [-0.2, -0.15) is 0 Å². The first-order valence-electron chi connectivity index (χ1n) is 5.61. The number of benzene rings is 2. The largest absolute Gasteiger partial charge is 0.480 e. The average Bonchev–Trinajstić information content (AvgIpc) is 2.35. The maximum Gasteiger partial charge on any atom is 0.320 e. The third-order valence-electron chi connectivity index (χ3n) is 2.85. The molecule has 0 aliphatic carbocycles. The van der Waals surface area contributed by atoms with Crippen LogP contribution in [0.2, 0.25) is 0 Å². The Hall–Kier alpha value is -1.87. The molecule has 0 aliphatic rings. The first kappa shape index (κ1) is 11.6. The monoisotopic (exact) mass is 229 g/mol. The van der Waals surface area contributed by atoms with Crippen molar-refractivity contribution < 1.29 is 9.90 Å². The number of carbonyl (C=O) groups is 1. The second-order valence-corrected chi connectivity index (χ2v) is 4.08. The second-order valence-electron chi connectivity index (χ2n) is 4.08. The van der Waals surface area contributed by atoms with Crippen molar-refractivity contribution in [2.75, 3.05) is 0 Å². The fourth-order valence-corrected chi connectivity index (χ4v) is 1.80. The molecule has 0 radical (unpaired) electrons. The van der Waals surface area contributed by atoms with Crippen molar-refractivity contribution in [1.82, 2.24) is 5.32 Å². The molecular weight excluding hydrogens is 214 g/mol. The van der Waals surface area contributed by atoms with Crippen LogP contribution >= 0.6 is 0 Å². The Morgan fingerprint density at radius 2 is 1.94 bits per heavy atom. The second kappa shape index (κ2) is 4.97. The van der Waals surface area contributed by atoms with Crippen LogP contribution in [0, 0.1) is 0 Å². The highest BCUT2D eigenvalue weighted by atomic mass is 16.4. The molecular formula is C14H15NO2. The van der Waals surface area contributed by atoms with Gasteiger partial charge in [0.2, 0.25) is 0 Å². The third kappa shape index (κ3) is 2.63. The molecule has 2 aromatic rings. The highest BCUT2D eigenvalue weighted by Gasteiger charge is 2.09. The van der Waals surface area contributed by atoms with Gasteiger partial charge in [0.05, 0.1) is 0 Å². The molecule has 2 rings (SSSR count). The first-order chi connectivity index (χ1) is 8.18. The van der Waals surface area contributed by atoms with E-state index >= 15 is 0 Å². The van der Waals surface area contributed by atoms with Crippen molar-refractivity contribution >= 4 is 16.7 Å². The molecule has 0 unspecified atom stereocenters. The lowest BCUT2D eigenvalue weighted by Crippen LogP contribution is -2.33. The van der Waals surface area contributed by atoms with Gasteiger partial charge in [0.25, 0.3) is 0 Å². The van der Waals surface area contributed by atoms with E-state index in [9.17, 15) is 4.79 Å². The Morgan fingerprint density at radius 3 is 2.71 bits per heavy atom. The minimum Gasteiger partial charge on any atom is -0.480 e. The molecule has 0 heterocycles. The van der Waals surface area contributed by atoms with Crippen molar-refractivity contribution in [3.05, 3.63) is 48.0 Å². The van der Waals surface area contributed by atoms with E-state index < -0.39 is 12.0 Å². The quantitative estimate of drug-likeness (QED) is 0.846. The maximum absolute atomic E-state index is 10.7. The molecule has 2 N–H and O–H groups in total. The van der Waals surface area contributed by atoms with Gasteiger partial charge in [0, 0.05) is 6.54 Å². The zero-order valence-electron chi connectivity index (χ0n) is 9.68. The topological polar surface area (TPSA) is 49.3 Å². The van der Waals surface area contributed by atoms with Gasteiger partial charge in [-0.15, -0.1) is 0 Å². The van der Waals surface area contributed by atoms with Crippen molar-refractivity contribution in [3.63, 3.8) is 0 Å². The van der Waals surface area contributed by atoms with E-state index in [4.69, 9.17) is 5.11 Å². The maximum atomic E-state index is 10.7. The zero-order valence-corrected chi connectivity index (χ0v) is 9.68. The van der Waals surface area contributed by atoms with Crippen LogP contribution in [-0.2, 0) is 11.3 Å². The van der Waals surface area contributed by atoms with Crippen LogP contribution in [0.4, 0.5) is 0 Å². The number of aliphatic carboxylic acids is 1. The minimum atomic E-state index is -0.828. The SMILES string of the molecule is C[C@@H](NCc1cccc2ccccc12)C(=O)O. The predicted octanol–water partition coefficient (Wildman–Crippen LogP) is 2.40. The van der Waals surface area contributed by atoms with E-state index in [1.807, 2.05) is 24.3 Å². The fourth-order valence-electron chi connectivity index (χ4n) is 1.80. The van der Waals surface area contributed by atoms with Crippen molar-refractivity contribution in [1.29, 1.82) is 0 Å². The number of nitrogens with one attached hydrogen (secondary N) is 1. The van der Waals surface area contributed by atoms with Gasteiger partial charge in [0.15, 0.2) is 0 Å². The summed E-state index contributed by atoms with van der Waals surface area (Å²) in [5.41, 5.74) is 1.12. The Morgan fingerprint density at radius 1 is 1.24 bits per heavy atom. The molecule has 0 saturated heterocycles. The van der Waals surface area contributed by atoms with Crippen LogP contribution in [-0.4, -0.2) is 17.1 Å². The first-order valence-corrected chi connectivity index (χ1v) is 5.61. The van der Waals surface area contributed by atoms with E-state index in [0.717, 1.165) is 5.56 Å². The molecule has 1 atom stereocenters. The standard InChI is InChI=1S/C14H15NO2/c1-10(14(16)17)15-9-12-7-4-6-11-5-2-3-8-13(11)12/h2-8,10,15H,9H2,1H3,(H,16,17)/t10-/m1/s1. The Bertz CT molecular complexity index is 531. The molecule has 0 bridgehead atoms. The molecule has 17 heavy (non-hydrogen) atoms. The molecule has 0 spiro atoms. The summed E-state index contributed by atoms with van der Waals surface area (Å²) in [4.78, 5) is 10.7. The van der Waals surface area contributed by atoms with Crippen molar-refractivity contribution in [2.24, 2.45) is 0 Å². The van der Waals surface area contributed by atoms with E-state index in [0.29, 0.717) is 6.54 Å². The molecule has 2 aromatic carbocycles. The minimum absolute atomic E-state index is 0.533. The molecule has 0 aromatic heterocycles. The molecule has 3 heteroatoms. The zero-order chi connectivity index (χ0) is 12.3. The normalized spacial score (nSPS) is 12.5. The van der Waals surface area contributed by atoms with Gasteiger partial charge in [-0.25, -0.2) is 0 Å². The van der Waals surface area contributed by atoms with Gasteiger partial charge in [-0.1, -0.05) is 42.5 Å². The van der Waals surface area contributed by atoms with Gasteiger partial charge >= 0.3 is 5.97 Å². The fraction of sp³-hybridized carbons (Fsp3) is 0.214. The summed E-state index contributed by atoms with van der Waals surface area (Å²) in [5, 5.41) is 14.1. The molecule has 0 aliphatic heterocycles. The van der Waals surface area contributed by atoms with Gasteiger partial charge in [0.1, 0.15) is 6.04 Å². The lowest BCUT2D eigenvalue weighted by atomic mass is 10.0. The highest BCUT2D eigenvalue weighted by Crippen LogP contribution is 2.18. The van der Waals surface area contributed by atoms with Crippen molar-refractivity contribution in [3.8, 4) is 0 Å². The summed E-state index contributed by atoms with van der Waals surface area (Å²) in [5.74, 6) is -0.828. The van der Waals surface area contributed by atoms with Gasteiger partial charge in [-0.05, 0) is 23.3 Å². The average molecular weight is 229 g/mol. The predicted molar refractivity (Wildman–Crippen MR) is 67.9 cm³/mol. The lowest BCUT2D eigenvalue weighted by Gasteiger charge is -2.11. The van der Waals surface area contributed by atoms with Crippen LogP contribution in [0.25, 0.3) is 10.8 Å². The summed E-state index contributed by atoms with van der Waals surface area (Å²) < 4.78 is 0. The molecule has 3 nitrogen and oxygen atoms in total. The van der Waals surface area contributed by atoms with Crippen LogP contribution in [0.1, 0.15) is 12.5 Å². The highest BCUT2D eigenvalue weighted by molar-refractivity contribution is 5.85. The van der Waals surface area contributed by atoms with Gasteiger partial charge in [-0.3, -0.25) is 4.79 Å². The number of fused-ring (bicyclic) bond motifs is 1. The van der Waals surface area contributed by atoms with Crippen LogP contribution in [0.15, 0.2) is 42.5 Å². The van der Waals surface area contributed by atoms with Crippen LogP contribution in [0.3, 0.4) is 0 Å². The smallest absolute Gasteiger partial charge is 0.320 e. The third-order valence-corrected chi connectivity index (χ3v) is 2.85. The van der Waals surface area contributed by atoms with Crippen LogP contribution < -0.4 is 5.32 Å². The number of hydrogen-bond acceptors (Lipinski definition) is 2. The summed E-state index contributed by atoms with van der Waals surface area (Å²) >= 11 is 0. The number of rotatable bonds is 4. The van der Waals surface area contributed by atoms with E-state index in [-0.39, 0.29) is 0 Å². The summed E-state index contributed by atoms with van der Waals surface area (Å²) in [6.45, 7) is 2.21. The van der Waals surface area contributed by atoms with Crippen LogP contribution in [0.5, 0.6) is 0 Å². The van der Waals surface area contributed by atoms with Gasteiger partial charge < -0.3 is 10.4 Å². The van der Waals surface area contributed by atoms with E-state index in [2.05, 4.69) is 23.5 Å². The van der Waals surface area contributed by atoms with E-state index in [1.165, 1.54) is 10.8 Å². The van der Waals surface area contributed by atoms with Crippen molar-refractivity contribution in [2.45, 2.75) is 19.5 Å². The summed E-state index contributed by atoms with van der Waals surface area (Å²) in [6, 6.07) is 13.6. The molecule has 0 fully saturated rings. The molecule has 0 saturated carbocycles.